The van der Waals surface area contributed by atoms with Gasteiger partial charge in [0.05, 0.1) is 11.1 Å². The summed E-state index contributed by atoms with van der Waals surface area (Å²) in [5, 5.41) is 3.95. The minimum Gasteiger partial charge on any atom is -0.361 e. The van der Waals surface area contributed by atoms with Crippen LogP contribution in [0.15, 0.2) is 39.9 Å². The summed E-state index contributed by atoms with van der Waals surface area (Å²) in [5.74, 6) is 0.587. The fourth-order valence-electron chi connectivity index (χ4n) is 1.38. The van der Waals surface area contributed by atoms with Gasteiger partial charge in [-0.3, -0.25) is 0 Å². The lowest BCUT2D eigenvalue weighted by molar-refractivity contribution is 0.396. The monoisotopic (exact) mass is 286 g/mol. The van der Waals surface area contributed by atoms with E-state index in [1.165, 1.54) is 18.3 Å². The van der Waals surface area contributed by atoms with Gasteiger partial charge in [-0.15, -0.1) is 0 Å². The predicted molar refractivity (Wildman–Crippen MR) is 66.7 cm³/mol. The number of hydrogen-bond acceptors (Lipinski definition) is 4. The first kappa shape index (κ1) is 13.1. The van der Waals surface area contributed by atoms with E-state index in [0.717, 1.165) is 0 Å². The van der Waals surface area contributed by atoms with Gasteiger partial charge in [-0.25, -0.2) is 13.1 Å². The summed E-state index contributed by atoms with van der Waals surface area (Å²) in [6.07, 6.45) is 1.48. The molecule has 0 amide bonds. The zero-order valence-corrected chi connectivity index (χ0v) is 11.1. The molecule has 0 spiro atoms. The standard InChI is InChI=1S/C11H11ClN2O3S/c1-8-9(6-13-17-8)7-14-18(15,16)11-4-2-3-10(12)5-11/h2-6,14H,7H2,1H3. The average molecular weight is 287 g/mol. The third-order valence-electron chi connectivity index (χ3n) is 2.41. The lowest BCUT2D eigenvalue weighted by Gasteiger charge is -2.05. The number of sulfonamides is 1. The van der Waals surface area contributed by atoms with E-state index in [1.54, 1.807) is 19.1 Å². The molecule has 1 heterocycles. The second-order valence-electron chi connectivity index (χ2n) is 3.69. The largest absolute Gasteiger partial charge is 0.361 e. The molecule has 1 aromatic carbocycles. The molecule has 0 aliphatic carbocycles. The molecule has 5 nitrogen and oxygen atoms in total. The van der Waals surface area contributed by atoms with Gasteiger partial charge in [-0.05, 0) is 25.1 Å². The van der Waals surface area contributed by atoms with Gasteiger partial charge in [0.25, 0.3) is 0 Å². The van der Waals surface area contributed by atoms with Crippen LogP contribution in [0.3, 0.4) is 0 Å². The maximum absolute atomic E-state index is 12.0. The van der Waals surface area contributed by atoms with Crippen LogP contribution < -0.4 is 4.72 Å². The van der Waals surface area contributed by atoms with Crippen molar-refractivity contribution in [3.8, 4) is 0 Å². The maximum Gasteiger partial charge on any atom is 0.240 e. The summed E-state index contributed by atoms with van der Waals surface area (Å²) in [7, 11) is -3.58. The number of benzene rings is 1. The molecule has 2 rings (SSSR count). The van der Waals surface area contributed by atoms with Crippen LogP contribution in [0.25, 0.3) is 0 Å². The van der Waals surface area contributed by atoms with E-state index in [0.29, 0.717) is 16.3 Å². The van der Waals surface area contributed by atoms with Gasteiger partial charge in [0.15, 0.2) is 0 Å². The molecule has 0 saturated carbocycles. The number of hydrogen-bond donors (Lipinski definition) is 1. The van der Waals surface area contributed by atoms with Gasteiger partial charge in [-0.2, -0.15) is 0 Å². The molecule has 0 aliphatic heterocycles. The Hall–Kier alpha value is -1.37. The Balaban J connectivity index is 2.16. The molecule has 0 fully saturated rings. The minimum absolute atomic E-state index is 0.129. The summed E-state index contributed by atoms with van der Waals surface area (Å²) in [5.41, 5.74) is 0.695. The van der Waals surface area contributed by atoms with E-state index < -0.39 is 10.0 Å². The number of nitrogens with zero attached hydrogens (tertiary/aromatic N) is 1. The minimum atomic E-state index is -3.58. The second-order valence-corrected chi connectivity index (χ2v) is 5.89. The van der Waals surface area contributed by atoms with Gasteiger partial charge in [0, 0.05) is 17.1 Å². The molecule has 0 radical (unpaired) electrons. The van der Waals surface area contributed by atoms with Crippen molar-refractivity contribution in [3.05, 3.63) is 46.8 Å². The molecule has 7 heteroatoms. The van der Waals surface area contributed by atoms with Crippen molar-refractivity contribution < 1.29 is 12.9 Å². The van der Waals surface area contributed by atoms with Crippen molar-refractivity contribution in [2.75, 3.05) is 0 Å². The zero-order chi connectivity index (χ0) is 13.2. The lowest BCUT2D eigenvalue weighted by atomic mass is 10.3. The van der Waals surface area contributed by atoms with Crippen molar-refractivity contribution in [1.82, 2.24) is 9.88 Å². The Morgan fingerprint density at radius 1 is 1.44 bits per heavy atom. The Morgan fingerprint density at radius 3 is 2.83 bits per heavy atom. The number of halogens is 1. The van der Waals surface area contributed by atoms with E-state index in [-0.39, 0.29) is 11.4 Å². The molecule has 2 aromatic rings. The fraction of sp³-hybridized carbons (Fsp3) is 0.182. The Labute approximate surface area is 110 Å². The van der Waals surface area contributed by atoms with Crippen LogP contribution in [0.1, 0.15) is 11.3 Å². The molecule has 1 N–H and O–H groups in total. The zero-order valence-electron chi connectivity index (χ0n) is 9.55. The van der Waals surface area contributed by atoms with Gasteiger partial charge in [0.1, 0.15) is 5.76 Å². The third kappa shape index (κ3) is 2.90. The van der Waals surface area contributed by atoms with Gasteiger partial charge < -0.3 is 4.52 Å². The first-order chi connectivity index (χ1) is 8.49. The predicted octanol–water partition coefficient (Wildman–Crippen LogP) is 2.11. The first-order valence-corrected chi connectivity index (χ1v) is 7.00. The van der Waals surface area contributed by atoms with E-state index >= 15 is 0 Å². The molecular weight excluding hydrogens is 276 g/mol. The van der Waals surface area contributed by atoms with Crippen molar-refractivity contribution in [2.24, 2.45) is 0 Å². The Morgan fingerprint density at radius 2 is 2.22 bits per heavy atom. The highest BCUT2D eigenvalue weighted by molar-refractivity contribution is 7.89. The average Bonchev–Trinajstić information content (AvgIpc) is 2.72. The summed E-state index contributed by atoms with van der Waals surface area (Å²) < 4.78 is 31.2. The van der Waals surface area contributed by atoms with Crippen molar-refractivity contribution >= 4 is 21.6 Å². The van der Waals surface area contributed by atoms with Crippen LogP contribution in [0, 0.1) is 6.92 Å². The highest BCUT2D eigenvalue weighted by Gasteiger charge is 2.15. The molecule has 1 aromatic heterocycles. The summed E-state index contributed by atoms with van der Waals surface area (Å²) in [6, 6.07) is 6.07. The van der Waals surface area contributed by atoms with Crippen LogP contribution in [0.5, 0.6) is 0 Å². The molecule has 0 aliphatic rings. The smallest absolute Gasteiger partial charge is 0.240 e. The van der Waals surface area contributed by atoms with E-state index in [1.807, 2.05) is 0 Å². The molecule has 0 atom stereocenters. The Bertz CT molecular complexity index is 652. The first-order valence-electron chi connectivity index (χ1n) is 5.14. The van der Waals surface area contributed by atoms with E-state index in [9.17, 15) is 8.42 Å². The van der Waals surface area contributed by atoms with Crippen LogP contribution in [0.2, 0.25) is 5.02 Å². The number of rotatable bonds is 4. The normalized spacial score (nSPS) is 11.7. The van der Waals surface area contributed by atoms with Gasteiger partial charge in [0.2, 0.25) is 10.0 Å². The summed E-state index contributed by atoms with van der Waals surface area (Å²) >= 11 is 5.76. The number of nitrogens with one attached hydrogen (secondary N) is 1. The highest BCUT2D eigenvalue weighted by atomic mass is 35.5. The molecule has 18 heavy (non-hydrogen) atoms. The summed E-state index contributed by atoms with van der Waals surface area (Å²) in [6.45, 7) is 1.85. The van der Waals surface area contributed by atoms with Crippen LogP contribution in [-0.2, 0) is 16.6 Å². The quantitative estimate of drug-likeness (QED) is 0.934. The molecular formula is C11H11ClN2O3S. The van der Waals surface area contributed by atoms with E-state index in [4.69, 9.17) is 16.1 Å². The lowest BCUT2D eigenvalue weighted by Crippen LogP contribution is -2.23. The Kier molecular flexibility index (Phi) is 3.70. The molecule has 96 valence electrons. The van der Waals surface area contributed by atoms with Gasteiger partial charge in [-0.1, -0.05) is 22.8 Å². The SMILES string of the molecule is Cc1oncc1CNS(=O)(=O)c1cccc(Cl)c1. The van der Waals surface area contributed by atoms with Crippen molar-refractivity contribution in [1.29, 1.82) is 0 Å². The summed E-state index contributed by atoms with van der Waals surface area (Å²) in [4.78, 5) is 0.129. The third-order valence-corrected chi connectivity index (χ3v) is 4.04. The number of aromatic nitrogens is 1. The second kappa shape index (κ2) is 5.09. The maximum atomic E-state index is 12.0. The van der Waals surface area contributed by atoms with Crippen LogP contribution in [-0.4, -0.2) is 13.6 Å². The van der Waals surface area contributed by atoms with Crippen molar-refractivity contribution in [3.63, 3.8) is 0 Å². The van der Waals surface area contributed by atoms with Crippen LogP contribution in [0.4, 0.5) is 0 Å². The fourth-order valence-corrected chi connectivity index (χ4v) is 2.69. The van der Waals surface area contributed by atoms with Gasteiger partial charge >= 0.3 is 0 Å². The van der Waals surface area contributed by atoms with Crippen molar-refractivity contribution in [2.45, 2.75) is 18.4 Å². The molecule has 0 saturated heterocycles. The van der Waals surface area contributed by atoms with E-state index in [2.05, 4.69) is 9.88 Å². The van der Waals surface area contributed by atoms with Crippen LogP contribution >= 0.6 is 11.6 Å². The number of aryl methyl sites for hydroxylation is 1. The topological polar surface area (TPSA) is 72.2 Å². The highest BCUT2D eigenvalue weighted by Crippen LogP contribution is 2.16. The molecule has 0 unspecified atom stereocenters. The molecule has 0 bridgehead atoms.